The first kappa shape index (κ1) is 14.4. The van der Waals surface area contributed by atoms with Crippen LogP contribution in [0.4, 0.5) is 4.79 Å². The second-order valence-electron chi connectivity index (χ2n) is 5.44. The number of hydrogen-bond donors (Lipinski definition) is 0. The average molecular weight is 304 g/mol. The van der Waals surface area contributed by atoms with Gasteiger partial charge in [0, 0.05) is 13.1 Å². The van der Waals surface area contributed by atoms with E-state index in [1.54, 1.807) is 26.4 Å². The Morgan fingerprint density at radius 3 is 2.82 bits per heavy atom. The van der Waals surface area contributed by atoms with Crippen molar-refractivity contribution in [2.45, 2.75) is 32.9 Å². The average Bonchev–Trinajstić information content (AvgIpc) is 3.08. The van der Waals surface area contributed by atoms with E-state index in [0.717, 1.165) is 6.42 Å². The molecule has 0 saturated carbocycles. The summed E-state index contributed by atoms with van der Waals surface area (Å²) >= 11 is 0. The Hall–Kier alpha value is -2.51. The third-order valence-electron chi connectivity index (χ3n) is 3.75. The van der Waals surface area contributed by atoms with Crippen molar-refractivity contribution in [3.8, 4) is 0 Å². The van der Waals surface area contributed by atoms with Gasteiger partial charge in [-0.25, -0.2) is 9.37 Å². The van der Waals surface area contributed by atoms with Crippen molar-refractivity contribution in [3.63, 3.8) is 0 Å². The highest BCUT2D eigenvalue weighted by Gasteiger charge is 2.51. The lowest BCUT2D eigenvalue weighted by atomic mass is 10.1. The van der Waals surface area contributed by atoms with Crippen LogP contribution in [-0.4, -0.2) is 63.3 Å². The number of aromatic nitrogens is 1. The molecule has 22 heavy (non-hydrogen) atoms. The number of imide groups is 1. The summed E-state index contributed by atoms with van der Waals surface area (Å²) in [6.45, 7) is 4.61. The van der Waals surface area contributed by atoms with E-state index in [2.05, 4.69) is 10.1 Å². The zero-order valence-corrected chi connectivity index (χ0v) is 12.8. The molecule has 0 radical (unpaired) electrons. The molecule has 3 amide bonds. The monoisotopic (exact) mass is 304 g/mol. The van der Waals surface area contributed by atoms with Crippen LogP contribution in [0, 0.1) is 6.92 Å². The van der Waals surface area contributed by atoms with Crippen LogP contribution in [0.15, 0.2) is 15.6 Å². The van der Waals surface area contributed by atoms with Gasteiger partial charge in [-0.1, -0.05) is 12.1 Å². The van der Waals surface area contributed by atoms with Gasteiger partial charge >= 0.3 is 6.03 Å². The van der Waals surface area contributed by atoms with Crippen LogP contribution in [0.2, 0.25) is 0 Å². The molecule has 1 atom stereocenters. The van der Waals surface area contributed by atoms with E-state index in [1.165, 1.54) is 9.80 Å². The van der Waals surface area contributed by atoms with Gasteiger partial charge in [0.1, 0.15) is 0 Å². The number of amidine groups is 1. The number of fused-ring (bicyclic) bond motifs is 1. The molecule has 0 aromatic carbocycles. The third kappa shape index (κ3) is 2.20. The van der Waals surface area contributed by atoms with E-state index in [1.807, 2.05) is 11.5 Å². The number of likely N-dealkylation sites (N-methyl/N-ethyl adjacent to an activating group) is 1. The first-order valence-electron chi connectivity index (χ1n) is 7.21. The smallest absolute Gasteiger partial charge is 0.334 e. The Balaban J connectivity index is 1.88. The molecule has 1 fully saturated rings. The molecular weight excluding hydrogens is 286 g/mol. The maximum Gasteiger partial charge on any atom is 0.334 e. The highest BCUT2D eigenvalue weighted by atomic mass is 16.5. The van der Waals surface area contributed by atoms with Crippen molar-refractivity contribution in [1.82, 2.24) is 15.0 Å². The summed E-state index contributed by atoms with van der Waals surface area (Å²) in [5.74, 6) is 0.684. The molecule has 0 aliphatic carbocycles. The molecule has 2 aliphatic heterocycles. The van der Waals surface area contributed by atoms with Crippen LogP contribution in [0.3, 0.4) is 0 Å². The van der Waals surface area contributed by atoms with Crippen LogP contribution in [0.1, 0.15) is 24.8 Å². The van der Waals surface area contributed by atoms with Gasteiger partial charge in [-0.05, 0) is 18.3 Å². The second kappa shape index (κ2) is 5.36. The van der Waals surface area contributed by atoms with E-state index < -0.39 is 12.1 Å². The fourth-order valence-corrected chi connectivity index (χ4v) is 2.70. The molecule has 1 aromatic rings. The molecule has 1 saturated heterocycles. The predicted octanol–water partition coefficient (Wildman–Crippen LogP) is 0.609. The van der Waals surface area contributed by atoms with E-state index in [9.17, 15) is 9.59 Å². The molecule has 3 heterocycles. The molecule has 8 nitrogen and oxygen atoms in total. The minimum Gasteiger partial charge on any atom is -0.359 e. The van der Waals surface area contributed by atoms with Gasteiger partial charge in [-0.3, -0.25) is 14.6 Å². The zero-order valence-electron chi connectivity index (χ0n) is 12.8. The van der Waals surface area contributed by atoms with Crippen molar-refractivity contribution < 1.29 is 18.7 Å². The van der Waals surface area contributed by atoms with E-state index in [0.29, 0.717) is 23.8 Å². The van der Waals surface area contributed by atoms with Gasteiger partial charge in [-0.2, -0.15) is 0 Å². The Kier molecular flexibility index (Phi) is 3.51. The van der Waals surface area contributed by atoms with Crippen molar-refractivity contribution >= 4 is 24.1 Å². The number of aryl methyl sites for hydroxylation is 1. The van der Waals surface area contributed by atoms with E-state index in [4.69, 9.17) is 4.52 Å². The minimum atomic E-state index is -0.535. The normalized spacial score (nSPS) is 21.1. The van der Waals surface area contributed by atoms with Crippen LogP contribution in [0.5, 0.6) is 0 Å². The number of nitrogens with zero attached hydrogens (tertiary/aromatic N) is 5. The quantitative estimate of drug-likeness (QED) is 0.763. The molecule has 2 aliphatic rings. The van der Waals surface area contributed by atoms with Crippen LogP contribution < -0.4 is 0 Å². The number of hydrogen-bond acceptors (Lipinski definition) is 5. The number of rotatable bonds is 4. The standard InChI is InChI=1S/C14H18N5O3/c1-4-5-18-8-15-12-11(18)13(20)19(14(21)17(12)3)7-10-6-9(2)16-22-10/h6,8,11H,4-5,7H2,1-3H3/q+1. The molecule has 3 rings (SSSR count). The summed E-state index contributed by atoms with van der Waals surface area (Å²) in [6, 6.07) is 0.779. The topological polar surface area (TPSA) is 82.0 Å². The Labute approximate surface area is 127 Å². The first-order valence-corrected chi connectivity index (χ1v) is 7.21. The molecule has 0 spiro atoms. The fraction of sp³-hybridized carbons (Fsp3) is 0.500. The Bertz CT molecular complexity index is 690. The van der Waals surface area contributed by atoms with Crippen LogP contribution in [0.25, 0.3) is 0 Å². The van der Waals surface area contributed by atoms with Crippen LogP contribution >= 0.6 is 0 Å². The lowest BCUT2D eigenvalue weighted by Gasteiger charge is -2.32. The van der Waals surface area contributed by atoms with Crippen molar-refractivity contribution in [1.29, 1.82) is 0 Å². The molecular formula is C14H18N5O3+. The number of aliphatic imine (C=N–C) groups is 1. The summed E-state index contributed by atoms with van der Waals surface area (Å²) in [6.07, 6.45) is 2.52. The SMILES string of the molecule is CCC[N+]1=CN=C2C1C(=O)N(Cc1cc(C)no1)C(=O)N2C. The maximum atomic E-state index is 12.7. The third-order valence-corrected chi connectivity index (χ3v) is 3.75. The highest BCUT2D eigenvalue weighted by molar-refractivity contribution is 6.21. The lowest BCUT2D eigenvalue weighted by Crippen LogP contribution is -2.62. The molecule has 8 heteroatoms. The number of amides is 3. The minimum absolute atomic E-state index is 0.0760. The molecule has 0 bridgehead atoms. The van der Waals surface area contributed by atoms with Gasteiger partial charge in [0.05, 0.1) is 18.8 Å². The number of carbonyl (C=O) groups excluding carboxylic acids is 2. The number of carbonyl (C=O) groups is 2. The summed E-state index contributed by atoms with van der Waals surface area (Å²) in [4.78, 5) is 32.0. The Morgan fingerprint density at radius 1 is 1.41 bits per heavy atom. The van der Waals surface area contributed by atoms with E-state index >= 15 is 0 Å². The highest BCUT2D eigenvalue weighted by Crippen LogP contribution is 2.20. The summed E-state index contributed by atoms with van der Waals surface area (Å²) < 4.78 is 6.98. The van der Waals surface area contributed by atoms with Crippen molar-refractivity contribution in [3.05, 3.63) is 17.5 Å². The zero-order chi connectivity index (χ0) is 15.9. The van der Waals surface area contributed by atoms with Gasteiger partial charge in [0.15, 0.2) is 5.76 Å². The fourth-order valence-electron chi connectivity index (χ4n) is 2.70. The van der Waals surface area contributed by atoms with Gasteiger partial charge in [0.2, 0.25) is 0 Å². The van der Waals surface area contributed by atoms with E-state index in [-0.39, 0.29) is 12.5 Å². The van der Waals surface area contributed by atoms with Gasteiger partial charge < -0.3 is 4.52 Å². The molecule has 116 valence electrons. The maximum absolute atomic E-state index is 12.7. The summed E-state index contributed by atoms with van der Waals surface area (Å²) in [7, 11) is 1.63. The Morgan fingerprint density at radius 2 is 2.18 bits per heavy atom. The van der Waals surface area contributed by atoms with Gasteiger partial charge in [-0.15, -0.1) is 0 Å². The summed E-state index contributed by atoms with van der Waals surface area (Å²) in [5.41, 5.74) is 0.712. The summed E-state index contributed by atoms with van der Waals surface area (Å²) in [5, 5.41) is 3.78. The largest absolute Gasteiger partial charge is 0.359 e. The van der Waals surface area contributed by atoms with Crippen molar-refractivity contribution in [2.24, 2.45) is 4.99 Å². The van der Waals surface area contributed by atoms with Crippen molar-refractivity contribution in [2.75, 3.05) is 13.6 Å². The predicted molar refractivity (Wildman–Crippen MR) is 77.7 cm³/mol. The molecule has 0 N–H and O–H groups in total. The first-order chi connectivity index (χ1) is 10.5. The number of urea groups is 1. The molecule has 1 aromatic heterocycles. The second-order valence-corrected chi connectivity index (χ2v) is 5.44. The lowest BCUT2D eigenvalue weighted by molar-refractivity contribution is -0.531. The van der Waals surface area contributed by atoms with Gasteiger partial charge in [0.25, 0.3) is 24.1 Å². The van der Waals surface area contributed by atoms with Crippen LogP contribution in [-0.2, 0) is 11.3 Å². The molecule has 1 unspecified atom stereocenters.